The van der Waals surface area contributed by atoms with Crippen LogP contribution in [0.3, 0.4) is 0 Å². The molecule has 1 heterocycles. The SMILES string of the molecule is CS(=O)(=O)c1ccc(C2=C(c3ccccc3)C(=O)OC2C(F)(F)F)cc1. The van der Waals surface area contributed by atoms with E-state index >= 15 is 0 Å². The lowest BCUT2D eigenvalue weighted by molar-refractivity contribution is -0.198. The molecule has 0 N–H and O–H groups in total. The quantitative estimate of drug-likeness (QED) is 0.763. The van der Waals surface area contributed by atoms with Gasteiger partial charge in [0.25, 0.3) is 0 Å². The van der Waals surface area contributed by atoms with Crippen LogP contribution in [0.2, 0.25) is 0 Å². The summed E-state index contributed by atoms with van der Waals surface area (Å²) in [5, 5.41) is 0. The van der Waals surface area contributed by atoms with Gasteiger partial charge in [-0.05, 0) is 23.3 Å². The van der Waals surface area contributed by atoms with E-state index in [1.807, 2.05) is 0 Å². The molecule has 0 spiro atoms. The first-order chi connectivity index (χ1) is 12.1. The van der Waals surface area contributed by atoms with Gasteiger partial charge in [0, 0.05) is 11.8 Å². The predicted octanol–water partition coefficient (Wildman–Crippen LogP) is 3.49. The highest BCUT2D eigenvalue weighted by atomic mass is 32.2. The second-order valence-electron chi connectivity index (χ2n) is 5.78. The Balaban J connectivity index is 2.22. The number of ether oxygens (including phenoxy) is 1. The van der Waals surface area contributed by atoms with Gasteiger partial charge in [-0.3, -0.25) is 0 Å². The monoisotopic (exact) mass is 382 g/mol. The summed E-state index contributed by atoms with van der Waals surface area (Å²) in [4.78, 5) is 12.1. The van der Waals surface area contributed by atoms with Crippen molar-refractivity contribution in [3.63, 3.8) is 0 Å². The Morgan fingerprint density at radius 3 is 2.00 bits per heavy atom. The molecule has 0 amide bonds. The summed E-state index contributed by atoms with van der Waals surface area (Å²) in [6.45, 7) is 0. The first-order valence-electron chi connectivity index (χ1n) is 7.47. The number of esters is 1. The minimum atomic E-state index is -4.79. The Morgan fingerprint density at radius 2 is 1.50 bits per heavy atom. The summed E-state index contributed by atoms with van der Waals surface area (Å²) in [6.07, 6.45) is -6.21. The molecule has 0 fully saturated rings. The van der Waals surface area contributed by atoms with Gasteiger partial charge in [0.15, 0.2) is 9.84 Å². The van der Waals surface area contributed by atoms with E-state index in [1.165, 1.54) is 36.4 Å². The van der Waals surface area contributed by atoms with Gasteiger partial charge in [0.05, 0.1) is 10.5 Å². The highest BCUT2D eigenvalue weighted by molar-refractivity contribution is 7.90. The zero-order valence-electron chi connectivity index (χ0n) is 13.4. The molecule has 1 aliphatic rings. The zero-order chi connectivity index (χ0) is 19.1. The number of cyclic esters (lactones) is 1. The molecule has 0 radical (unpaired) electrons. The Hall–Kier alpha value is -2.61. The fourth-order valence-corrected chi connectivity index (χ4v) is 3.38. The van der Waals surface area contributed by atoms with Crippen molar-refractivity contribution in [1.29, 1.82) is 0 Å². The number of carbonyl (C=O) groups is 1. The van der Waals surface area contributed by atoms with Gasteiger partial charge in [-0.2, -0.15) is 13.2 Å². The maximum absolute atomic E-state index is 13.4. The molecule has 2 aromatic rings. The van der Waals surface area contributed by atoms with Crippen molar-refractivity contribution in [1.82, 2.24) is 0 Å². The fourth-order valence-electron chi connectivity index (χ4n) is 2.75. The Labute approximate surface area is 147 Å². The fraction of sp³-hybridized carbons (Fsp3) is 0.167. The average molecular weight is 382 g/mol. The van der Waals surface area contributed by atoms with Crippen molar-refractivity contribution in [2.24, 2.45) is 0 Å². The van der Waals surface area contributed by atoms with Crippen LogP contribution in [-0.2, 0) is 19.4 Å². The van der Waals surface area contributed by atoms with Crippen LogP contribution in [0.1, 0.15) is 11.1 Å². The number of alkyl halides is 3. The van der Waals surface area contributed by atoms with Gasteiger partial charge in [-0.1, -0.05) is 42.5 Å². The van der Waals surface area contributed by atoms with E-state index in [-0.39, 0.29) is 21.6 Å². The lowest BCUT2D eigenvalue weighted by atomic mass is 9.93. The van der Waals surface area contributed by atoms with Crippen molar-refractivity contribution in [2.75, 3.05) is 6.26 Å². The van der Waals surface area contributed by atoms with E-state index in [0.717, 1.165) is 6.26 Å². The Morgan fingerprint density at radius 1 is 0.923 bits per heavy atom. The second kappa shape index (κ2) is 6.28. The number of carbonyl (C=O) groups excluding carboxylic acids is 1. The standard InChI is InChI=1S/C18H13F3O4S/c1-26(23,24)13-9-7-12(8-10-13)14-15(11-5-3-2-4-6-11)17(22)25-16(14)18(19,20)21/h2-10,16H,1H3. The van der Waals surface area contributed by atoms with Crippen molar-refractivity contribution in [2.45, 2.75) is 17.2 Å². The first kappa shape index (κ1) is 18.2. The van der Waals surface area contributed by atoms with E-state index < -0.39 is 28.1 Å². The smallest absolute Gasteiger partial charge is 0.429 e. The molecule has 8 heteroatoms. The number of sulfone groups is 1. The number of hydrogen-bond donors (Lipinski definition) is 0. The van der Waals surface area contributed by atoms with E-state index in [2.05, 4.69) is 4.74 Å². The molecule has 0 aromatic heterocycles. The van der Waals surface area contributed by atoms with Crippen LogP contribution in [-0.4, -0.2) is 32.9 Å². The van der Waals surface area contributed by atoms with Gasteiger partial charge in [-0.25, -0.2) is 13.2 Å². The molecular formula is C18H13F3O4S. The third-order valence-corrected chi connectivity index (χ3v) is 5.04. The molecule has 26 heavy (non-hydrogen) atoms. The largest absolute Gasteiger partial charge is 0.444 e. The highest BCUT2D eigenvalue weighted by Gasteiger charge is 2.51. The van der Waals surface area contributed by atoms with Crippen molar-refractivity contribution in [3.05, 3.63) is 65.7 Å². The summed E-state index contributed by atoms with van der Waals surface area (Å²) in [6, 6.07) is 12.8. The number of rotatable bonds is 3. The van der Waals surface area contributed by atoms with Gasteiger partial charge >= 0.3 is 12.1 Å². The molecule has 0 bridgehead atoms. The molecule has 1 unspecified atom stereocenters. The summed E-state index contributed by atoms with van der Waals surface area (Å²) < 4.78 is 68.0. The number of halogens is 3. The van der Waals surface area contributed by atoms with Gasteiger partial charge < -0.3 is 4.74 Å². The molecule has 3 rings (SSSR count). The topological polar surface area (TPSA) is 60.4 Å². The molecule has 1 aliphatic heterocycles. The maximum atomic E-state index is 13.4. The maximum Gasteiger partial charge on any atom is 0.429 e. The molecular weight excluding hydrogens is 369 g/mol. The van der Waals surface area contributed by atoms with Crippen LogP contribution in [0.5, 0.6) is 0 Å². The minimum Gasteiger partial charge on any atom is -0.444 e. The van der Waals surface area contributed by atoms with Crippen molar-refractivity contribution >= 4 is 27.0 Å². The predicted molar refractivity (Wildman–Crippen MR) is 88.7 cm³/mol. The summed E-state index contributed by atoms with van der Waals surface area (Å²) in [5.41, 5.74) is -0.135. The number of benzene rings is 2. The molecule has 0 saturated carbocycles. The van der Waals surface area contributed by atoms with Crippen LogP contribution in [0.25, 0.3) is 11.1 Å². The lowest BCUT2D eigenvalue weighted by Crippen LogP contribution is -2.30. The number of hydrogen-bond acceptors (Lipinski definition) is 4. The molecule has 0 saturated heterocycles. The van der Waals surface area contributed by atoms with Crippen LogP contribution in [0.15, 0.2) is 59.5 Å². The van der Waals surface area contributed by atoms with Crippen LogP contribution < -0.4 is 0 Å². The third-order valence-electron chi connectivity index (χ3n) is 3.91. The minimum absolute atomic E-state index is 0.0306. The van der Waals surface area contributed by atoms with Gasteiger partial charge in [-0.15, -0.1) is 0 Å². The zero-order valence-corrected chi connectivity index (χ0v) is 14.3. The molecule has 1 atom stereocenters. The second-order valence-corrected chi connectivity index (χ2v) is 7.79. The van der Waals surface area contributed by atoms with E-state index in [9.17, 15) is 26.4 Å². The van der Waals surface area contributed by atoms with Crippen LogP contribution in [0.4, 0.5) is 13.2 Å². The summed E-state index contributed by atoms with van der Waals surface area (Å²) in [5.74, 6) is -1.07. The summed E-state index contributed by atoms with van der Waals surface area (Å²) in [7, 11) is -3.50. The Kier molecular flexibility index (Phi) is 4.39. The van der Waals surface area contributed by atoms with Crippen LogP contribution in [0, 0.1) is 0 Å². The average Bonchev–Trinajstić information content (AvgIpc) is 2.92. The normalized spacial score (nSPS) is 18.2. The van der Waals surface area contributed by atoms with Gasteiger partial charge in [0.2, 0.25) is 6.10 Å². The molecule has 136 valence electrons. The van der Waals surface area contributed by atoms with Crippen LogP contribution >= 0.6 is 0 Å². The summed E-state index contributed by atoms with van der Waals surface area (Å²) >= 11 is 0. The molecule has 4 nitrogen and oxygen atoms in total. The Bertz CT molecular complexity index is 975. The van der Waals surface area contributed by atoms with E-state index in [0.29, 0.717) is 5.56 Å². The van der Waals surface area contributed by atoms with E-state index in [4.69, 9.17) is 0 Å². The first-order valence-corrected chi connectivity index (χ1v) is 9.36. The molecule has 2 aromatic carbocycles. The van der Waals surface area contributed by atoms with E-state index in [1.54, 1.807) is 18.2 Å². The highest BCUT2D eigenvalue weighted by Crippen LogP contribution is 2.44. The van der Waals surface area contributed by atoms with Crippen molar-refractivity contribution in [3.8, 4) is 0 Å². The molecule has 0 aliphatic carbocycles. The van der Waals surface area contributed by atoms with Crippen molar-refractivity contribution < 1.29 is 31.1 Å². The lowest BCUT2D eigenvalue weighted by Gasteiger charge is -2.18. The third kappa shape index (κ3) is 3.37. The van der Waals surface area contributed by atoms with Gasteiger partial charge in [0.1, 0.15) is 0 Å².